The minimum atomic E-state index is -0.676. The van der Waals surface area contributed by atoms with Gasteiger partial charge in [0.05, 0.1) is 24.3 Å². The number of carbonyl (C=O) groups is 3. The summed E-state index contributed by atoms with van der Waals surface area (Å²) >= 11 is 1.36. The van der Waals surface area contributed by atoms with E-state index in [4.69, 9.17) is 19.9 Å². The third kappa shape index (κ3) is 5.35. The number of benzene rings is 1. The minimum absolute atomic E-state index is 0.0522. The van der Waals surface area contributed by atoms with Gasteiger partial charge in [-0.05, 0) is 63.3 Å². The molecule has 0 unspecified atom stereocenters. The van der Waals surface area contributed by atoms with Crippen molar-refractivity contribution < 1.29 is 28.6 Å². The summed E-state index contributed by atoms with van der Waals surface area (Å²) in [5.74, 6) is -0.885. The van der Waals surface area contributed by atoms with Crippen LogP contribution in [0.5, 0.6) is 11.5 Å². The molecule has 0 saturated heterocycles. The maximum Gasteiger partial charge on any atom is 0.338 e. The summed E-state index contributed by atoms with van der Waals surface area (Å²) in [7, 11) is 1.47. The zero-order valence-electron chi connectivity index (χ0n) is 17.8. The molecule has 3 rings (SSSR count). The fourth-order valence-corrected chi connectivity index (χ4v) is 4.75. The molecule has 1 aromatic carbocycles. The Balaban J connectivity index is 1.64. The maximum atomic E-state index is 12.4. The molecule has 1 aromatic heterocycles. The molecule has 0 bridgehead atoms. The number of primary amides is 1. The Bertz CT molecular complexity index is 998. The fraction of sp³-hybridized carbons (Fsp3) is 0.409. The van der Waals surface area contributed by atoms with Crippen molar-refractivity contribution in [3.63, 3.8) is 0 Å². The van der Waals surface area contributed by atoms with Gasteiger partial charge in [0, 0.05) is 4.88 Å². The monoisotopic (exact) mass is 446 g/mol. The number of nitrogens with one attached hydrogen (secondary N) is 1. The van der Waals surface area contributed by atoms with Crippen LogP contribution in [0.3, 0.4) is 0 Å². The van der Waals surface area contributed by atoms with Gasteiger partial charge in [-0.3, -0.25) is 9.59 Å². The van der Waals surface area contributed by atoms with Gasteiger partial charge >= 0.3 is 5.97 Å². The number of esters is 1. The first kappa shape index (κ1) is 22.6. The second-order valence-corrected chi connectivity index (χ2v) is 8.54. The van der Waals surface area contributed by atoms with Crippen LogP contribution in [-0.4, -0.2) is 37.6 Å². The van der Waals surface area contributed by atoms with E-state index in [2.05, 4.69) is 5.32 Å². The highest BCUT2D eigenvalue weighted by atomic mass is 32.1. The molecule has 1 aliphatic carbocycles. The van der Waals surface area contributed by atoms with Crippen molar-refractivity contribution in [2.45, 2.75) is 45.6 Å². The van der Waals surface area contributed by atoms with E-state index in [9.17, 15) is 14.4 Å². The van der Waals surface area contributed by atoms with Gasteiger partial charge < -0.3 is 25.3 Å². The van der Waals surface area contributed by atoms with E-state index in [0.717, 1.165) is 36.1 Å². The molecule has 0 atom stereocenters. The summed E-state index contributed by atoms with van der Waals surface area (Å²) in [6.45, 7) is 3.27. The molecular weight excluding hydrogens is 420 g/mol. The predicted molar refractivity (Wildman–Crippen MR) is 117 cm³/mol. The quantitative estimate of drug-likeness (QED) is 0.601. The van der Waals surface area contributed by atoms with Crippen molar-refractivity contribution in [1.29, 1.82) is 0 Å². The van der Waals surface area contributed by atoms with Crippen LogP contribution in [0.25, 0.3) is 0 Å². The van der Waals surface area contributed by atoms with Crippen molar-refractivity contribution in [1.82, 2.24) is 0 Å². The third-order valence-corrected chi connectivity index (χ3v) is 5.97. The molecule has 2 amide bonds. The van der Waals surface area contributed by atoms with Gasteiger partial charge in [-0.2, -0.15) is 0 Å². The number of thiophene rings is 1. The topological polar surface area (TPSA) is 117 Å². The van der Waals surface area contributed by atoms with Gasteiger partial charge in [0.1, 0.15) is 5.00 Å². The van der Waals surface area contributed by atoms with Crippen LogP contribution in [0, 0.1) is 0 Å². The fourth-order valence-electron chi connectivity index (χ4n) is 3.44. The van der Waals surface area contributed by atoms with E-state index in [1.54, 1.807) is 12.1 Å². The molecule has 0 radical (unpaired) electrons. The summed E-state index contributed by atoms with van der Waals surface area (Å²) in [6, 6.07) is 4.65. The molecule has 8 nitrogen and oxygen atoms in total. The second kappa shape index (κ2) is 9.82. The van der Waals surface area contributed by atoms with Crippen LogP contribution in [0.1, 0.15) is 57.8 Å². The third-order valence-electron chi connectivity index (χ3n) is 4.77. The van der Waals surface area contributed by atoms with E-state index in [0.29, 0.717) is 22.1 Å². The van der Waals surface area contributed by atoms with E-state index in [-0.39, 0.29) is 11.7 Å². The van der Waals surface area contributed by atoms with Gasteiger partial charge in [0.2, 0.25) is 0 Å². The van der Waals surface area contributed by atoms with Crippen LogP contribution >= 0.6 is 11.3 Å². The zero-order chi connectivity index (χ0) is 22.5. The van der Waals surface area contributed by atoms with E-state index >= 15 is 0 Å². The highest BCUT2D eigenvalue weighted by Gasteiger charge is 2.25. The van der Waals surface area contributed by atoms with E-state index < -0.39 is 24.4 Å². The molecule has 3 N–H and O–H groups in total. The summed E-state index contributed by atoms with van der Waals surface area (Å²) in [5, 5.41) is 3.08. The normalized spacial score (nSPS) is 12.8. The lowest BCUT2D eigenvalue weighted by Gasteiger charge is -2.14. The molecule has 1 heterocycles. The number of ether oxygens (including phenoxy) is 3. The number of rotatable bonds is 8. The Morgan fingerprint density at radius 1 is 1.16 bits per heavy atom. The number of nitrogens with two attached hydrogens (primary N) is 1. The largest absolute Gasteiger partial charge is 0.493 e. The van der Waals surface area contributed by atoms with E-state index in [1.807, 2.05) is 13.8 Å². The number of amides is 2. The molecule has 0 saturated carbocycles. The lowest BCUT2D eigenvalue weighted by atomic mass is 9.95. The van der Waals surface area contributed by atoms with Gasteiger partial charge in [-0.1, -0.05) is 0 Å². The maximum absolute atomic E-state index is 12.4. The Hall–Kier alpha value is -3.07. The number of fused-ring (bicyclic) bond motifs is 1. The van der Waals surface area contributed by atoms with Gasteiger partial charge in [-0.15, -0.1) is 11.3 Å². The number of hydrogen-bond donors (Lipinski definition) is 2. The van der Waals surface area contributed by atoms with Gasteiger partial charge in [-0.25, -0.2) is 4.79 Å². The van der Waals surface area contributed by atoms with Crippen molar-refractivity contribution in [3.8, 4) is 11.5 Å². The van der Waals surface area contributed by atoms with Crippen LogP contribution < -0.4 is 20.5 Å². The first-order valence-corrected chi connectivity index (χ1v) is 10.9. The van der Waals surface area contributed by atoms with Crippen molar-refractivity contribution in [2.24, 2.45) is 5.73 Å². The lowest BCUT2D eigenvalue weighted by Crippen LogP contribution is -2.23. The number of methoxy groups -OCH3 is 1. The summed E-state index contributed by atoms with van der Waals surface area (Å²) in [5.41, 5.74) is 7.05. The Morgan fingerprint density at radius 2 is 1.90 bits per heavy atom. The van der Waals surface area contributed by atoms with Crippen molar-refractivity contribution in [2.75, 3.05) is 19.0 Å². The summed E-state index contributed by atoms with van der Waals surface area (Å²) < 4.78 is 16.0. The summed E-state index contributed by atoms with van der Waals surface area (Å²) in [4.78, 5) is 37.7. The zero-order valence-corrected chi connectivity index (χ0v) is 18.6. The number of hydrogen-bond acceptors (Lipinski definition) is 7. The molecule has 2 aromatic rings. The SMILES string of the molecule is COc1cc(C(=O)OCC(=O)Nc2sc3c(c2C(N)=O)CCCC3)ccc1OC(C)C. The average molecular weight is 447 g/mol. The Kier molecular flexibility index (Phi) is 7.17. The molecule has 9 heteroatoms. The van der Waals surface area contributed by atoms with E-state index in [1.165, 1.54) is 24.5 Å². The molecule has 166 valence electrons. The molecule has 1 aliphatic rings. The van der Waals surface area contributed by atoms with Gasteiger partial charge in [0.25, 0.3) is 11.8 Å². The molecular formula is C22H26N2O6S. The first-order chi connectivity index (χ1) is 14.8. The average Bonchev–Trinajstić information content (AvgIpc) is 3.09. The van der Waals surface area contributed by atoms with Crippen molar-refractivity contribution >= 4 is 34.1 Å². The number of anilines is 1. The Labute approximate surface area is 184 Å². The van der Waals surface area contributed by atoms with Crippen LogP contribution in [0.4, 0.5) is 5.00 Å². The predicted octanol–water partition coefficient (Wildman–Crippen LogP) is 3.32. The van der Waals surface area contributed by atoms with Crippen LogP contribution in [0.2, 0.25) is 0 Å². The first-order valence-electron chi connectivity index (χ1n) is 10.1. The highest BCUT2D eigenvalue weighted by molar-refractivity contribution is 7.17. The molecule has 0 aliphatic heterocycles. The minimum Gasteiger partial charge on any atom is -0.493 e. The lowest BCUT2D eigenvalue weighted by molar-refractivity contribution is -0.119. The number of carbonyl (C=O) groups excluding carboxylic acids is 3. The van der Waals surface area contributed by atoms with Crippen LogP contribution in [-0.2, 0) is 22.4 Å². The highest BCUT2D eigenvalue weighted by Crippen LogP contribution is 2.37. The van der Waals surface area contributed by atoms with Crippen molar-refractivity contribution in [3.05, 3.63) is 39.8 Å². The molecule has 0 fully saturated rings. The smallest absolute Gasteiger partial charge is 0.338 e. The molecule has 0 spiro atoms. The van der Waals surface area contributed by atoms with Crippen LogP contribution in [0.15, 0.2) is 18.2 Å². The number of aryl methyl sites for hydroxylation is 1. The Morgan fingerprint density at radius 3 is 2.58 bits per heavy atom. The van der Waals surface area contributed by atoms with Gasteiger partial charge in [0.15, 0.2) is 18.1 Å². The summed E-state index contributed by atoms with van der Waals surface area (Å²) in [6.07, 6.45) is 3.61. The second-order valence-electron chi connectivity index (χ2n) is 7.44. The standard InChI is InChI=1S/C22H26N2O6S/c1-12(2)30-15-9-8-13(10-16(15)28-3)22(27)29-11-18(25)24-21-19(20(23)26)14-6-4-5-7-17(14)31-21/h8-10,12H,4-7,11H2,1-3H3,(H2,23,26)(H,24,25). The molecule has 31 heavy (non-hydrogen) atoms.